The third-order valence-corrected chi connectivity index (χ3v) is 2.89. The molecule has 0 radical (unpaired) electrons. The van der Waals surface area contributed by atoms with Crippen molar-refractivity contribution < 1.29 is 0 Å². The second-order valence-electron chi connectivity index (χ2n) is 2.42. The van der Waals surface area contributed by atoms with Crippen LogP contribution in [0.2, 0.25) is 5.02 Å². The molecule has 0 spiro atoms. The summed E-state index contributed by atoms with van der Waals surface area (Å²) >= 11 is 7.46. The van der Waals surface area contributed by atoms with Gasteiger partial charge in [0.05, 0.1) is 22.3 Å². The summed E-state index contributed by atoms with van der Waals surface area (Å²) in [6, 6.07) is 1.83. The van der Waals surface area contributed by atoms with Crippen molar-refractivity contribution in [2.45, 2.75) is 0 Å². The van der Waals surface area contributed by atoms with Gasteiger partial charge in [-0.2, -0.15) is 0 Å². The standard InChI is InChI=1S/C8H6ClN3S/c9-5-1-2-13-8(5)6-3-12-7(10)4-11-6/h1-4H,(H2,10,12). The fourth-order valence-corrected chi connectivity index (χ4v) is 2.05. The smallest absolute Gasteiger partial charge is 0.141 e. The Hall–Kier alpha value is -1.13. The van der Waals surface area contributed by atoms with E-state index in [0.29, 0.717) is 10.8 Å². The van der Waals surface area contributed by atoms with E-state index in [-0.39, 0.29) is 0 Å². The van der Waals surface area contributed by atoms with E-state index >= 15 is 0 Å². The molecule has 0 saturated heterocycles. The molecular formula is C8H6ClN3S. The van der Waals surface area contributed by atoms with E-state index in [9.17, 15) is 0 Å². The van der Waals surface area contributed by atoms with Gasteiger partial charge in [-0.15, -0.1) is 11.3 Å². The van der Waals surface area contributed by atoms with Crippen molar-refractivity contribution in [1.29, 1.82) is 0 Å². The average molecular weight is 212 g/mol. The molecular weight excluding hydrogens is 206 g/mol. The predicted octanol–water partition coefficient (Wildman–Crippen LogP) is 2.44. The molecule has 0 bridgehead atoms. The Morgan fingerprint density at radius 3 is 2.69 bits per heavy atom. The van der Waals surface area contributed by atoms with Crippen molar-refractivity contribution in [2.75, 3.05) is 5.73 Å². The van der Waals surface area contributed by atoms with Crippen molar-refractivity contribution in [2.24, 2.45) is 0 Å². The molecule has 2 aromatic heterocycles. The summed E-state index contributed by atoms with van der Waals surface area (Å²) in [5.74, 6) is 0.413. The van der Waals surface area contributed by atoms with Gasteiger partial charge in [0, 0.05) is 0 Å². The van der Waals surface area contributed by atoms with Crippen LogP contribution >= 0.6 is 22.9 Å². The second kappa shape index (κ2) is 3.32. The number of halogens is 1. The van der Waals surface area contributed by atoms with Crippen molar-refractivity contribution in [3.63, 3.8) is 0 Å². The number of hydrogen-bond donors (Lipinski definition) is 1. The molecule has 0 aliphatic carbocycles. The van der Waals surface area contributed by atoms with Crippen LogP contribution in [0.1, 0.15) is 0 Å². The van der Waals surface area contributed by atoms with Crippen molar-refractivity contribution in [1.82, 2.24) is 9.97 Å². The van der Waals surface area contributed by atoms with Crippen LogP contribution in [0.3, 0.4) is 0 Å². The molecule has 0 aliphatic heterocycles. The lowest BCUT2D eigenvalue weighted by Gasteiger charge is -1.96. The zero-order valence-corrected chi connectivity index (χ0v) is 8.14. The predicted molar refractivity (Wildman–Crippen MR) is 54.8 cm³/mol. The minimum atomic E-state index is 0.413. The van der Waals surface area contributed by atoms with Gasteiger partial charge in [-0.1, -0.05) is 11.6 Å². The van der Waals surface area contributed by atoms with Crippen LogP contribution < -0.4 is 5.73 Å². The first-order valence-electron chi connectivity index (χ1n) is 3.58. The van der Waals surface area contributed by atoms with Crippen LogP contribution in [0.15, 0.2) is 23.8 Å². The average Bonchev–Trinajstić information content (AvgIpc) is 2.53. The van der Waals surface area contributed by atoms with Crippen LogP contribution in [0.5, 0.6) is 0 Å². The number of aromatic nitrogens is 2. The summed E-state index contributed by atoms with van der Waals surface area (Å²) in [5.41, 5.74) is 6.17. The summed E-state index contributed by atoms with van der Waals surface area (Å²) < 4.78 is 0. The Kier molecular flexibility index (Phi) is 2.16. The molecule has 0 atom stereocenters. The topological polar surface area (TPSA) is 51.8 Å². The van der Waals surface area contributed by atoms with E-state index in [1.807, 2.05) is 11.4 Å². The highest BCUT2D eigenvalue weighted by molar-refractivity contribution is 7.14. The largest absolute Gasteiger partial charge is 0.382 e. The first-order valence-corrected chi connectivity index (χ1v) is 4.84. The zero-order chi connectivity index (χ0) is 9.26. The molecule has 66 valence electrons. The molecule has 0 unspecified atom stereocenters. The van der Waals surface area contributed by atoms with Crippen LogP contribution in [0.25, 0.3) is 10.6 Å². The Bertz CT molecular complexity index is 410. The van der Waals surface area contributed by atoms with Crippen LogP contribution in [0.4, 0.5) is 5.82 Å². The quantitative estimate of drug-likeness (QED) is 0.788. The zero-order valence-electron chi connectivity index (χ0n) is 6.57. The third kappa shape index (κ3) is 1.64. The molecule has 2 N–H and O–H groups in total. The first-order chi connectivity index (χ1) is 6.27. The van der Waals surface area contributed by atoms with Crippen molar-refractivity contribution >= 4 is 28.8 Å². The molecule has 5 heteroatoms. The minimum absolute atomic E-state index is 0.413. The number of nitrogen functional groups attached to an aromatic ring is 1. The van der Waals surface area contributed by atoms with Gasteiger partial charge in [0.2, 0.25) is 0 Å². The normalized spacial score (nSPS) is 10.2. The fraction of sp³-hybridized carbons (Fsp3) is 0. The van der Waals surface area contributed by atoms with Gasteiger partial charge in [-0.05, 0) is 11.4 Å². The van der Waals surface area contributed by atoms with Gasteiger partial charge < -0.3 is 5.73 Å². The molecule has 0 amide bonds. The summed E-state index contributed by atoms with van der Waals surface area (Å²) in [5, 5.41) is 2.61. The Morgan fingerprint density at radius 2 is 2.15 bits per heavy atom. The molecule has 2 rings (SSSR count). The Labute approximate surface area is 84.2 Å². The van der Waals surface area contributed by atoms with E-state index in [1.54, 1.807) is 6.20 Å². The van der Waals surface area contributed by atoms with E-state index in [1.165, 1.54) is 17.5 Å². The van der Waals surface area contributed by atoms with Gasteiger partial charge >= 0.3 is 0 Å². The van der Waals surface area contributed by atoms with Gasteiger partial charge in [0.15, 0.2) is 0 Å². The molecule has 2 heterocycles. The van der Waals surface area contributed by atoms with Crippen molar-refractivity contribution in [3.8, 4) is 10.6 Å². The van der Waals surface area contributed by atoms with E-state index in [0.717, 1.165) is 10.6 Å². The maximum absolute atomic E-state index is 5.93. The maximum Gasteiger partial charge on any atom is 0.141 e. The number of rotatable bonds is 1. The number of hydrogen-bond acceptors (Lipinski definition) is 4. The molecule has 2 aromatic rings. The lowest BCUT2D eigenvalue weighted by atomic mass is 10.3. The lowest BCUT2D eigenvalue weighted by molar-refractivity contribution is 1.22. The van der Waals surface area contributed by atoms with E-state index < -0.39 is 0 Å². The van der Waals surface area contributed by atoms with Gasteiger partial charge in [-0.3, -0.25) is 0 Å². The number of thiophene rings is 1. The highest BCUT2D eigenvalue weighted by Gasteiger charge is 2.05. The molecule has 13 heavy (non-hydrogen) atoms. The minimum Gasteiger partial charge on any atom is -0.382 e. The van der Waals surface area contributed by atoms with Crippen LogP contribution in [-0.2, 0) is 0 Å². The molecule has 0 aliphatic rings. The van der Waals surface area contributed by atoms with Gasteiger partial charge in [0.25, 0.3) is 0 Å². The SMILES string of the molecule is Nc1cnc(-c2sccc2Cl)cn1. The monoisotopic (exact) mass is 211 g/mol. The number of nitrogens with two attached hydrogens (primary N) is 1. The van der Waals surface area contributed by atoms with Gasteiger partial charge in [0.1, 0.15) is 11.5 Å². The molecule has 0 fully saturated rings. The first kappa shape index (κ1) is 8.47. The van der Waals surface area contributed by atoms with Crippen LogP contribution in [0, 0.1) is 0 Å². The summed E-state index contributed by atoms with van der Waals surface area (Å²) in [6.45, 7) is 0. The molecule has 3 nitrogen and oxygen atoms in total. The molecule has 0 saturated carbocycles. The lowest BCUT2D eigenvalue weighted by Crippen LogP contribution is -1.91. The van der Waals surface area contributed by atoms with Crippen LogP contribution in [-0.4, -0.2) is 9.97 Å². The summed E-state index contributed by atoms with van der Waals surface area (Å²) in [6.07, 6.45) is 3.14. The maximum atomic E-state index is 5.93. The summed E-state index contributed by atoms with van der Waals surface area (Å²) in [4.78, 5) is 8.98. The third-order valence-electron chi connectivity index (χ3n) is 1.52. The highest BCUT2D eigenvalue weighted by Crippen LogP contribution is 2.31. The van der Waals surface area contributed by atoms with E-state index in [4.69, 9.17) is 17.3 Å². The fourth-order valence-electron chi connectivity index (χ4n) is 0.932. The Morgan fingerprint density at radius 1 is 1.31 bits per heavy atom. The second-order valence-corrected chi connectivity index (χ2v) is 3.75. The van der Waals surface area contributed by atoms with Crippen molar-refractivity contribution in [3.05, 3.63) is 28.9 Å². The highest BCUT2D eigenvalue weighted by atomic mass is 35.5. The number of nitrogens with zero attached hydrogens (tertiary/aromatic N) is 2. The van der Waals surface area contributed by atoms with E-state index in [2.05, 4.69) is 9.97 Å². The summed E-state index contributed by atoms with van der Waals surface area (Å²) in [7, 11) is 0. The van der Waals surface area contributed by atoms with Gasteiger partial charge in [-0.25, -0.2) is 9.97 Å². The molecule has 0 aromatic carbocycles. The number of anilines is 1. The Balaban J connectivity index is 2.47.